The van der Waals surface area contributed by atoms with Gasteiger partial charge >= 0.3 is 0 Å². The topological polar surface area (TPSA) is 21.7 Å². The maximum atomic E-state index is 5.46. The maximum Gasteiger partial charge on any atom is 0.0700 e. The highest BCUT2D eigenvalue weighted by Gasteiger charge is 2.21. The summed E-state index contributed by atoms with van der Waals surface area (Å²) in [6.45, 7) is 6.89. The van der Waals surface area contributed by atoms with E-state index in [1.807, 2.05) is 0 Å². The van der Waals surface area contributed by atoms with Gasteiger partial charge in [0.2, 0.25) is 0 Å². The fourth-order valence-electron chi connectivity index (χ4n) is 2.08. The van der Waals surface area contributed by atoms with Crippen molar-refractivity contribution < 1.29 is 9.47 Å². The lowest BCUT2D eigenvalue weighted by Crippen LogP contribution is -2.32. The molecule has 3 nitrogen and oxygen atoms in total. The Balaban J connectivity index is 2.00. The highest BCUT2D eigenvalue weighted by molar-refractivity contribution is 4.77. The largest absolute Gasteiger partial charge is 0.382 e. The molecule has 1 fully saturated rings. The standard InChI is InChI=1S/C11H23NO2/c1-3-11-5-4-6-12(11)7-8-14-10-9-13-2/h11H,3-10H2,1-2H3. The van der Waals surface area contributed by atoms with Crippen LogP contribution in [0.5, 0.6) is 0 Å². The minimum atomic E-state index is 0.706. The van der Waals surface area contributed by atoms with Gasteiger partial charge in [-0.1, -0.05) is 6.92 Å². The number of ether oxygens (including phenoxy) is 2. The van der Waals surface area contributed by atoms with Crippen LogP contribution < -0.4 is 0 Å². The van der Waals surface area contributed by atoms with E-state index < -0.39 is 0 Å². The Hall–Kier alpha value is -0.120. The third-order valence-corrected chi connectivity index (χ3v) is 2.92. The minimum Gasteiger partial charge on any atom is -0.382 e. The maximum absolute atomic E-state index is 5.46. The molecule has 3 heteroatoms. The lowest BCUT2D eigenvalue weighted by atomic mass is 10.2. The van der Waals surface area contributed by atoms with Crippen molar-refractivity contribution in [2.24, 2.45) is 0 Å². The van der Waals surface area contributed by atoms with Gasteiger partial charge in [-0.3, -0.25) is 4.90 Å². The first-order valence-corrected chi connectivity index (χ1v) is 5.69. The molecule has 0 amide bonds. The molecule has 1 rings (SSSR count). The third-order valence-electron chi connectivity index (χ3n) is 2.92. The summed E-state index contributed by atoms with van der Waals surface area (Å²) in [7, 11) is 1.71. The first kappa shape index (κ1) is 12.0. The zero-order valence-corrected chi connectivity index (χ0v) is 9.50. The van der Waals surface area contributed by atoms with Gasteiger partial charge in [0.05, 0.1) is 19.8 Å². The van der Waals surface area contributed by atoms with E-state index in [0.717, 1.165) is 25.8 Å². The van der Waals surface area contributed by atoms with Crippen molar-refractivity contribution in [3.8, 4) is 0 Å². The predicted molar refractivity (Wildman–Crippen MR) is 57.6 cm³/mol. The first-order chi connectivity index (χ1) is 6.88. The van der Waals surface area contributed by atoms with Crippen LogP contribution in [0.15, 0.2) is 0 Å². The summed E-state index contributed by atoms with van der Waals surface area (Å²) in [6, 6.07) is 0.807. The summed E-state index contributed by atoms with van der Waals surface area (Å²) >= 11 is 0. The molecule has 0 N–H and O–H groups in total. The number of methoxy groups -OCH3 is 1. The zero-order valence-electron chi connectivity index (χ0n) is 9.50. The van der Waals surface area contributed by atoms with Crippen LogP contribution in [-0.4, -0.2) is 51.0 Å². The van der Waals surface area contributed by atoms with Gasteiger partial charge in [0.15, 0.2) is 0 Å². The summed E-state index contributed by atoms with van der Waals surface area (Å²) in [5.74, 6) is 0. The Morgan fingerprint density at radius 3 is 2.86 bits per heavy atom. The molecular weight excluding hydrogens is 178 g/mol. The number of rotatable bonds is 7. The molecule has 0 aromatic carbocycles. The van der Waals surface area contributed by atoms with Crippen LogP contribution in [-0.2, 0) is 9.47 Å². The summed E-state index contributed by atoms with van der Waals surface area (Å²) < 4.78 is 10.4. The van der Waals surface area contributed by atoms with Crippen LogP contribution in [0.25, 0.3) is 0 Å². The highest BCUT2D eigenvalue weighted by atomic mass is 16.5. The second-order valence-corrected chi connectivity index (χ2v) is 3.85. The monoisotopic (exact) mass is 201 g/mol. The van der Waals surface area contributed by atoms with Gasteiger partial charge in [-0.05, 0) is 25.8 Å². The zero-order chi connectivity index (χ0) is 10.2. The molecule has 0 spiro atoms. The molecule has 0 aliphatic carbocycles. The highest BCUT2D eigenvalue weighted by Crippen LogP contribution is 2.18. The summed E-state index contributed by atoms with van der Waals surface area (Å²) in [6.07, 6.45) is 4.00. The van der Waals surface area contributed by atoms with Gasteiger partial charge in [-0.25, -0.2) is 0 Å². The normalized spacial score (nSPS) is 23.1. The van der Waals surface area contributed by atoms with Gasteiger partial charge in [-0.15, -0.1) is 0 Å². The quantitative estimate of drug-likeness (QED) is 0.583. The molecule has 1 aliphatic rings. The predicted octanol–water partition coefficient (Wildman–Crippen LogP) is 1.52. The second-order valence-electron chi connectivity index (χ2n) is 3.85. The summed E-state index contributed by atoms with van der Waals surface area (Å²) in [4.78, 5) is 2.55. The molecule has 1 atom stereocenters. The van der Waals surface area contributed by atoms with Crippen LogP contribution >= 0.6 is 0 Å². The molecule has 1 saturated heterocycles. The molecule has 1 unspecified atom stereocenters. The average molecular weight is 201 g/mol. The van der Waals surface area contributed by atoms with E-state index in [1.54, 1.807) is 7.11 Å². The van der Waals surface area contributed by atoms with Crippen molar-refractivity contribution >= 4 is 0 Å². The van der Waals surface area contributed by atoms with Crippen LogP contribution in [0.4, 0.5) is 0 Å². The molecule has 0 aromatic rings. The Morgan fingerprint density at radius 1 is 1.29 bits per heavy atom. The van der Waals surface area contributed by atoms with Gasteiger partial charge in [-0.2, -0.15) is 0 Å². The Morgan fingerprint density at radius 2 is 2.14 bits per heavy atom. The number of likely N-dealkylation sites (tertiary alicyclic amines) is 1. The number of hydrogen-bond donors (Lipinski definition) is 0. The fraction of sp³-hybridized carbons (Fsp3) is 1.00. The van der Waals surface area contributed by atoms with Gasteiger partial charge in [0.25, 0.3) is 0 Å². The lowest BCUT2D eigenvalue weighted by Gasteiger charge is -2.22. The summed E-state index contributed by atoms with van der Waals surface area (Å²) in [5.41, 5.74) is 0. The lowest BCUT2D eigenvalue weighted by molar-refractivity contribution is 0.0550. The molecule has 0 bridgehead atoms. The molecule has 0 radical (unpaired) electrons. The van der Waals surface area contributed by atoms with Crippen molar-refractivity contribution in [1.29, 1.82) is 0 Å². The number of nitrogens with zero attached hydrogens (tertiary/aromatic N) is 1. The van der Waals surface area contributed by atoms with Crippen LogP contribution in [0.2, 0.25) is 0 Å². The Bertz CT molecular complexity index is 141. The molecule has 84 valence electrons. The molecule has 0 saturated carbocycles. The van der Waals surface area contributed by atoms with Crippen LogP contribution in [0.3, 0.4) is 0 Å². The van der Waals surface area contributed by atoms with E-state index in [2.05, 4.69) is 11.8 Å². The molecule has 1 heterocycles. The SMILES string of the molecule is CCC1CCCN1CCOCCOC. The smallest absolute Gasteiger partial charge is 0.0700 e. The van der Waals surface area contributed by atoms with E-state index in [-0.39, 0.29) is 0 Å². The van der Waals surface area contributed by atoms with E-state index in [1.165, 1.54) is 25.8 Å². The van der Waals surface area contributed by atoms with E-state index in [0.29, 0.717) is 6.61 Å². The number of hydrogen-bond acceptors (Lipinski definition) is 3. The van der Waals surface area contributed by atoms with Crippen molar-refractivity contribution in [2.75, 3.05) is 40.0 Å². The van der Waals surface area contributed by atoms with E-state index in [9.17, 15) is 0 Å². The van der Waals surface area contributed by atoms with Gasteiger partial charge in [0, 0.05) is 19.7 Å². The van der Waals surface area contributed by atoms with Crippen molar-refractivity contribution in [1.82, 2.24) is 4.90 Å². The van der Waals surface area contributed by atoms with E-state index in [4.69, 9.17) is 9.47 Å². The fourth-order valence-corrected chi connectivity index (χ4v) is 2.08. The molecular formula is C11H23NO2. The second kappa shape index (κ2) is 7.21. The third kappa shape index (κ3) is 3.95. The van der Waals surface area contributed by atoms with E-state index >= 15 is 0 Å². The van der Waals surface area contributed by atoms with Gasteiger partial charge < -0.3 is 9.47 Å². The average Bonchev–Trinajstić information content (AvgIpc) is 2.65. The van der Waals surface area contributed by atoms with Crippen LogP contribution in [0, 0.1) is 0 Å². The Labute approximate surface area is 87.4 Å². The minimum absolute atomic E-state index is 0.706. The molecule has 0 aromatic heterocycles. The van der Waals surface area contributed by atoms with Gasteiger partial charge in [0.1, 0.15) is 0 Å². The first-order valence-electron chi connectivity index (χ1n) is 5.69. The van der Waals surface area contributed by atoms with Crippen molar-refractivity contribution in [3.63, 3.8) is 0 Å². The Kier molecular flexibility index (Phi) is 6.15. The molecule has 14 heavy (non-hydrogen) atoms. The van der Waals surface area contributed by atoms with Crippen LogP contribution in [0.1, 0.15) is 26.2 Å². The van der Waals surface area contributed by atoms with Crippen molar-refractivity contribution in [2.45, 2.75) is 32.2 Å². The van der Waals surface area contributed by atoms with Crippen molar-refractivity contribution in [3.05, 3.63) is 0 Å². The molecule has 1 aliphatic heterocycles. The summed E-state index contributed by atoms with van der Waals surface area (Å²) in [5, 5.41) is 0.